The average molecular weight is 408 g/mol. The lowest BCUT2D eigenvalue weighted by molar-refractivity contribution is -0.123. The van der Waals surface area contributed by atoms with Gasteiger partial charge < -0.3 is 19.0 Å². The van der Waals surface area contributed by atoms with E-state index in [0.29, 0.717) is 12.1 Å². The number of carbonyl (C=O) groups excluding carboxylic acids is 2. The van der Waals surface area contributed by atoms with Crippen molar-refractivity contribution in [1.82, 2.24) is 4.57 Å². The molecule has 6 heteroatoms. The predicted octanol–water partition coefficient (Wildman–Crippen LogP) is 4.86. The molecule has 0 saturated heterocycles. The molecular formula is C24H28N2O4. The molecule has 0 aliphatic rings. The van der Waals surface area contributed by atoms with Crippen molar-refractivity contribution in [3.05, 3.63) is 76.0 Å². The topological polar surface area (TPSA) is 73.5 Å². The largest absolute Gasteiger partial charge is 0.467 e. The van der Waals surface area contributed by atoms with Crippen molar-refractivity contribution in [2.75, 3.05) is 5.32 Å². The maximum Gasteiger partial charge on any atom is 0.340 e. The van der Waals surface area contributed by atoms with Crippen molar-refractivity contribution < 1.29 is 18.7 Å². The first kappa shape index (κ1) is 21.4. The monoisotopic (exact) mass is 408 g/mol. The Morgan fingerprint density at radius 1 is 1.10 bits per heavy atom. The number of rotatable bonds is 6. The summed E-state index contributed by atoms with van der Waals surface area (Å²) in [6.07, 6.45) is 0.696. The molecule has 158 valence electrons. The van der Waals surface area contributed by atoms with Crippen molar-refractivity contribution in [2.45, 2.75) is 54.2 Å². The quantitative estimate of drug-likeness (QED) is 0.592. The highest BCUT2D eigenvalue weighted by atomic mass is 16.5. The van der Waals surface area contributed by atoms with Crippen LogP contribution in [-0.2, 0) is 16.1 Å². The maximum atomic E-state index is 12.7. The van der Waals surface area contributed by atoms with E-state index in [1.54, 1.807) is 19.3 Å². The second-order valence-electron chi connectivity index (χ2n) is 7.76. The van der Waals surface area contributed by atoms with Crippen LogP contribution in [0.5, 0.6) is 0 Å². The predicted molar refractivity (Wildman–Crippen MR) is 116 cm³/mol. The van der Waals surface area contributed by atoms with E-state index < -0.39 is 12.1 Å². The number of furan rings is 1. The van der Waals surface area contributed by atoms with Crippen LogP contribution in [0.2, 0.25) is 0 Å². The number of aromatic nitrogens is 1. The summed E-state index contributed by atoms with van der Waals surface area (Å²) in [5, 5.41) is 2.89. The molecule has 2 aromatic heterocycles. The first-order valence-electron chi connectivity index (χ1n) is 9.96. The summed E-state index contributed by atoms with van der Waals surface area (Å²) in [7, 11) is 0. The van der Waals surface area contributed by atoms with E-state index >= 15 is 0 Å². The summed E-state index contributed by atoms with van der Waals surface area (Å²) in [5.74, 6) is -0.0788. The summed E-state index contributed by atoms with van der Waals surface area (Å²) in [6, 6.07) is 9.51. The van der Waals surface area contributed by atoms with Gasteiger partial charge in [-0.2, -0.15) is 0 Å². The molecule has 1 aromatic carbocycles. The van der Waals surface area contributed by atoms with Crippen LogP contribution in [0, 0.1) is 34.6 Å². The molecule has 2 heterocycles. The Morgan fingerprint density at radius 3 is 2.37 bits per heavy atom. The number of nitrogens with one attached hydrogen (secondary N) is 1. The van der Waals surface area contributed by atoms with Crippen LogP contribution in [0.1, 0.15) is 51.1 Å². The zero-order valence-electron chi connectivity index (χ0n) is 18.3. The number of ether oxygens (including phenoxy) is 1. The molecule has 0 aliphatic heterocycles. The molecule has 0 aliphatic carbocycles. The van der Waals surface area contributed by atoms with E-state index in [4.69, 9.17) is 9.15 Å². The zero-order valence-corrected chi connectivity index (χ0v) is 18.3. The smallest absolute Gasteiger partial charge is 0.340 e. The third-order valence-corrected chi connectivity index (χ3v) is 5.27. The lowest BCUT2D eigenvalue weighted by Crippen LogP contribution is -2.30. The Hall–Kier alpha value is -3.28. The van der Waals surface area contributed by atoms with E-state index in [1.165, 1.54) is 0 Å². The molecule has 1 N–H and O–H groups in total. The van der Waals surface area contributed by atoms with E-state index in [9.17, 15) is 9.59 Å². The van der Waals surface area contributed by atoms with E-state index in [0.717, 1.165) is 39.5 Å². The molecule has 1 atom stereocenters. The lowest BCUT2D eigenvalue weighted by Gasteiger charge is -2.17. The summed E-state index contributed by atoms with van der Waals surface area (Å²) in [6.45, 7) is 11.8. The van der Waals surface area contributed by atoms with Gasteiger partial charge in [0.25, 0.3) is 5.91 Å². The first-order chi connectivity index (χ1) is 14.2. The van der Waals surface area contributed by atoms with Gasteiger partial charge in [-0.15, -0.1) is 0 Å². The fourth-order valence-corrected chi connectivity index (χ4v) is 3.69. The zero-order chi connectivity index (χ0) is 22.0. The molecule has 0 unspecified atom stereocenters. The van der Waals surface area contributed by atoms with Crippen LogP contribution in [0.25, 0.3) is 0 Å². The fourth-order valence-electron chi connectivity index (χ4n) is 3.69. The minimum absolute atomic E-state index is 0.359. The van der Waals surface area contributed by atoms with E-state index in [2.05, 4.69) is 5.32 Å². The standard InChI is InChI=1S/C24H28N2O4/c1-14-10-15(2)22(16(3)11-14)25-23(27)19(6)30-24(28)21-12-17(4)26(18(21)5)13-20-8-7-9-29-20/h7-12,19H,13H2,1-6H3,(H,25,27)/t19-/m1/s1. The van der Waals surface area contributed by atoms with Crippen LogP contribution in [-0.4, -0.2) is 22.5 Å². The number of benzene rings is 1. The van der Waals surface area contributed by atoms with Gasteiger partial charge in [0.05, 0.1) is 18.4 Å². The van der Waals surface area contributed by atoms with Gasteiger partial charge in [-0.3, -0.25) is 4.79 Å². The van der Waals surface area contributed by atoms with Gasteiger partial charge in [-0.1, -0.05) is 17.7 Å². The molecule has 3 aromatic rings. The molecule has 6 nitrogen and oxygen atoms in total. The van der Waals surface area contributed by atoms with Crippen molar-refractivity contribution >= 4 is 17.6 Å². The number of esters is 1. The van der Waals surface area contributed by atoms with E-state index in [-0.39, 0.29) is 5.91 Å². The van der Waals surface area contributed by atoms with Crippen LogP contribution in [0.3, 0.4) is 0 Å². The number of anilines is 1. The SMILES string of the molecule is Cc1cc(C)c(NC(=O)[C@@H](C)OC(=O)c2cc(C)n(Cc3ccco3)c2C)c(C)c1. The Morgan fingerprint density at radius 2 is 1.77 bits per heavy atom. The Balaban J connectivity index is 1.70. The molecular weight excluding hydrogens is 380 g/mol. The first-order valence-corrected chi connectivity index (χ1v) is 9.96. The van der Waals surface area contributed by atoms with Crippen molar-refractivity contribution in [3.8, 4) is 0 Å². The summed E-state index contributed by atoms with van der Waals surface area (Å²) in [4.78, 5) is 25.4. The molecule has 1 amide bonds. The van der Waals surface area contributed by atoms with Crippen LogP contribution < -0.4 is 5.32 Å². The number of nitrogens with zero attached hydrogens (tertiary/aromatic N) is 1. The third kappa shape index (κ3) is 4.48. The van der Waals surface area contributed by atoms with E-state index in [1.807, 2.05) is 63.5 Å². The van der Waals surface area contributed by atoms with Gasteiger partial charge >= 0.3 is 5.97 Å². The average Bonchev–Trinajstić information content (AvgIpc) is 3.28. The second kappa shape index (κ2) is 8.61. The number of amides is 1. The van der Waals surface area contributed by atoms with Gasteiger partial charge in [0, 0.05) is 17.1 Å². The summed E-state index contributed by atoms with van der Waals surface area (Å²) >= 11 is 0. The summed E-state index contributed by atoms with van der Waals surface area (Å²) in [5.41, 5.74) is 5.96. The number of carbonyl (C=O) groups is 2. The Kier molecular flexibility index (Phi) is 6.15. The number of aryl methyl sites for hydroxylation is 4. The lowest BCUT2D eigenvalue weighted by atomic mass is 10.0. The van der Waals surface area contributed by atoms with Gasteiger partial charge in [0.15, 0.2) is 6.10 Å². The number of hydrogen-bond acceptors (Lipinski definition) is 4. The Bertz CT molecular complexity index is 1050. The van der Waals surface area contributed by atoms with Crippen molar-refractivity contribution in [2.24, 2.45) is 0 Å². The minimum Gasteiger partial charge on any atom is -0.467 e. The molecule has 0 spiro atoms. The van der Waals surface area contributed by atoms with Gasteiger partial charge in [0.1, 0.15) is 5.76 Å². The van der Waals surface area contributed by atoms with Crippen molar-refractivity contribution in [3.63, 3.8) is 0 Å². The van der Waals surface area contributed by atoms with Crippen LogP contribution in [0.15, 0.2) is 41.0 Å². The van der Waals surface area contributed by atoms with Gasteiger partial charge in [0.2, 0.25) is 0 Å². The number of hydrogen-bond donors (Lipinski definition) is 1. The Labute approximate surface area is 176 Å². The second-order valence-corrected chi connectivity index (χ2v) is 7.76. The third-order valence-electron chi connectivity index (χ3n) is 5.27. The molecule has 0 fully saturated rings. The van der Waals surface area contributed by atoms with Crippen molar-refractivity contribution in [1.29, 1.82) is 0 Å². The highest BCUT2D eigenvalue weighted by Crippen LogP contribution is 2.23. The highest BCUT2D eigenvalue weighted by Gasteiger charge is 2.23. The van der Waals surface area contributed by atoms with Crippen LogP contribution >= 0.6 is 0 Å². The highest BCUT2D eigenvalue weighted by molar-refractivity contribution is 5.98. The molecule has 30 heavy (non-hydrogen) atoms. The maximum absolute atomic E-state index is 12.7. The molecule has 0 saturated carbocycles. The van der Waals surface area contributed by atoms with Gasteiger partial charge in [-0.05, 0) is 70.9 Å². The normalized spacial score (nSPS) is 11.9. The van der Waals surface area contributed by atoms with Gasteiger partial charge in [-0.25, -0.2) is 4.79 Å². The molecule has 0 radical (unpaired) electrons. The molecule has 3 rings (SSSR count). The molecule has 0 bridgehead atoms. The van der Waals surface area contributed by atoms with Crippen LogP contribution in [0.4, 0.5) is 5.69 Å². The fraction of sp³-hybridized carbons (Fsp3) is 0.333. The summed E-state index contributed by atoms with van der Waals surface area (Å²) < 4.78 is 12.9. The minimum atomic E-state index is -0.925.